The monoisotopic (exact) mass is 554 g/mol. The zero-order valence-corrected chi connectivity index (χ0v) is 22.6. The van der Waals surface area contributed by atoms with E-state index in [1.807, 2.05) is 0 Å². The van der Waals surface area contributed by atoms with E-state index in [0.29, 0.717) is 12.0 Å². The second-order valence-corrected chi connectivity index (χ2v) is 9.01. The summed E-state index contributed by atoms with van der Waals surface area (Å²) in [5.41, 5.74) is -0.503. The van der Waals surface area contributed by atoms with Crippen LogP contribution in [0.1, 0.15) is 43.5 Å². The van der Waals surface area contributed by atoms with Gasteiger partial charge in [-0.25, -0.2) is 9.59 Å². The van der Waals surface area contributed by atoms with Gasteiger partial charge in [0, 0.05) is 17.8 Å². The Bertz CT molecular complexity index is 1290. The summed E-state index contributed by atoms with van der Waals surface area (Å²) < 4.78 is 5.58. The number of amides is 3. The van der Waals surface area contributed by atoms with Crippen LogP contribution >= 0.6 is 0 Å². The smallest absolute Gasteiger partial charge is 0.330 e. The molecule has 0 saturated heterocycles. The number of esters is 1. The molecule has 2 aromatic rings. The number of rotatable bonds is 14. The number of pyridine rings is 1. The number of methoxy groups -OCH3 is 1. The van der Waals surface area contributed by atoms with Gasteiger partial charge < -0.3 is 30.4 Å². The molecule has 1 aromatic carbocycles. The molecule has 0 saturated carbocycles. The quantitative estimate of drug-likeness (QED) is 0.202. The van der Waals surface area contributed by atoms with Crippen LogP contribution in [0.4, 0.5) is 5.69 Å². The summed E-state index contributed by atoms with van der Waals surface area (Å²) in [7, 11) is 1.23. The first-order valence-electron chi connectivity index (χ1n) is 12.7. The molecule has 0 aliphatic rings. The molecule has 3 amide bonds. The number of carbonyl (C=O) groups excluding carboxylic acids is 4. The third-order valence-corrected chi connectivity index (χ3v) is 6.12. The van der Waals surface area contributed by atoms with Crippen LogP contribution in [0.5, 0.6) is 0 Å². The zero-order valence-electron chi connectivity index (χ0n) is 22.6. The van der Waals surface area contributed by atoms with Crippen molar-refractivity contribution in [2.75, 3.05) is 12.4 Å². The molecular formula is C28H34N4O8. The lowest BCUT2D eigenvalue weighted by Crippen LogP contribution is -2.47. The second kappa shape index (κ2) is 15.6. The molecule has 0 unspecified atom stereocenters. The van der Waals surface area contributed by atoms with E-state index in [-0.39, 0.29) is 24.4 Å². The van der Waals surface area contributed by atoms with Gasteiger partial charge in [-0.2, -0.15) is 0 Å². The third kappa shape index (κ3) is 9.53. The van der Waals surface area contributed by atoms with Gasteiger partial charge in [0.2, 0.25) is 11.8 Å². The van der Waals surface area contributed by atoms with Gasteiger partial charge in [-0.15, -0.1) is 0 Å². The minimum atomic E-state index is -1.18. The van der Waals surface area contributed by atoms with E-state index in [9.17, 15) is 33.9 Å². The van der Waals surface area contributed by atoms with Crippen LogP contribution in [-0.4, -0.2) is 58.5 Å². The molecule has 0 aliphatic heterocycles. The summed E-state index contributed by atoms with van der Waals surface area (Å²) in [6, 6.07) is 8.87. The number of anilines is 1. The van der Waals surface area contributed by atoms with Crippen molar-refractivity contribution in [3.8, 4) is 0 Å². The number of aromatic nitrogens is 1. The predicted octanol–water partition coefficient (Wildman–Crippen LogP) is 1.71. The summed E-state index contributed by atoms with van der Waals surface area (Å²) in [5.74, 6) is -3.94. The van der Waals surface area contributed by atoms with E-state index in [2.05, 4.69) is 20.7 Å². The highest BCUT2D eigenvalue weighted by Crippen LogP contribution is 2.09. The molecule has 12 heteroatoms. The molecule has 1 aromatic heterocycles. The van der Waals surface area contributed by atoms with Gasteiger partial charge in [-0.1, -0.05) is 44.5 Å². The zero-order chi connectivity index (χ0) is 29.7. The van der Waals surface area contributed by atoms with Crippen molar-refractivity contribution in [1.82, 2.24) is 15.2 Å². The van der Waals surface area contributed by atoms with E-state index >= 15 is 0 Å². The van der Waals surface area contributed by atoms with Crippen molar-refractivity contribution in [3.05, 3.63) is 76.7 Å². The first-order valence-corrected chi connectivity index (χ1v) is 12.7. The Morgan fingerprint density at radius 2 is 1.75 bits per heavy atom. The Hall–Kier alpha value is -4.74. The van der Waals surface area contributed by atoms with Crippen molar-refractivity contribution < 1.29 is 33.8 Å². The van der Waals surface area contributed by atoms with Gasteiger partial charge >= 0.3 is 11.9 Å². The fourth-order valence-electron chi connectivity index (χ4n) is 3.64. The SMILES string of the molecule is CC[C@@H](C)[C@H](NC(=O)Cn1cccc(NC(=O)[C@H](CCC=CC(=O)OC)NC(=O)c2ccccc2)c1=O)C(=O)O. The molecule has 0 spiro atoms. The summed E-state index contributed by atoms with van der Waals surface area (Å²) in [5, 5.41) is 17.0. The summed E-state index contributed by atoms with van der Waals surface area (Å²) >= 11 is 0. The maximum atomic E-state index is 13.1. The lowest BCUT2D eigenvalue weighted by molar-refractivity contribution is -0.143. The Morgan fingerprint density at radius 1 is 1.05 bits per heavy atom. The number of benzene rings is 1. The van der Waals surface area contributed by atoms with Gasteiger partial charge in [0.05, 0.1) is 7.11 Å². The number of carbonyl (C=O) groups is 5. The third-order valence-electron chi connectivity index (χ3n) is 6.12. The van der Waals surface area contributed by atoms with Crippen molar-refractivity contribution in [1.29, 1.82) is 0 Å². The van der Waals surface area contributed by atoms with Crippen LogP contribution in [0.25, 0.3) is 0 Å². The number of nitrogens with zero attached hydrogens (tertiary/aromatic N) is 1. The first-order chi connectivity index (χ1) is 19.1. The normalized spacial score (nSPS) is 13.1. The molecule has 12 nitrogen and oxygen atoms in total. The van der Waals surface area contributed by atoms with Gasteiger partial charge in [0.25, 0.3) is 11.5 Å². The van der Waals surface area contributed by atoms with Crippen LogP contribution in [0.15, 0.2) is 65.6 Å². The van der Waals surface area contributed by atoms with Crippen molar-refractivity contribution >= 4 is 35.3 Å². The van der Waals surface area contributed by atoms with E-state index in [4.69, 9.17) is 0 Å². The van der Waals surface area contributed by atoms with E-state index < -0.39 is 53.8 Å². The maximum absolute atomic E-state index is 13.1. The average Bonchev–Trinajstić information content (AvgIpc) is 2.94. The number of hydrogen-bond acceptors (Lipinski definition) is 7. The maximum Gasteiger partial charge on any atom is 0.330 e. The average molecular weight is 555 g/mol. The molecule has 0 fully saturated rings. The highest BCUT2D eigenvalue weighted by atomic mass is 16.5. The summed E-state index contributed by atoms with van der Waals surface area (Å²) in [6.45, 7) is 3.03. The van der Waals surface area contributed by atoms with E-state index in [0.717, 1.165) is 4.57 Å². The number of hydrogen-bond donors (Lipinski definition) is 4. The van der Waals surface area contributed by atoms with Gasteiger partial charge in [0.1, 0.15) is 24.3 Å². The number of nitrogens with one attached hydrogen (secondary N) is 3. The van der Waals surface area contributed by atoms with Gasteiger partial charge in [-0.05, 0) is 43.0 Å². The summed E-state index contributed by atoms with van der Waals surface area (Å²) in [4.78, 5) is 74.2. The van der Waals surface area contributed by atoms with Gasteiger partial charge in [-0.3, -0.25) is 19.2 Å². The first kappa shape index (κ1) is 31.5. The fraction of sp³-hybridized carbons (Fsp3) is 0.357. The standard InChI is InChI=1S/C28H34N4O8/c1-4-18(2)24(28(38)39)31-22(33)17-32-16-10-14-21(27(32)37)30-26(36)20(13-8-9-15-23(34)40-3)29-25(35)19-11-6-5-7-12-19/h5-7,9-12,14-16,18,20,24H,4,8,13,17H2,1-3H3,(H,29,35)(H,30,36)(H,31,33)(H,38,39)/t18-,20+,24+/m1/s1. The van der Waals surface area contributed by atoms with E-state index in [1.165, 1.54) is 37.6 Å². The molecule has 0 bridgehead atoms. The summed E-state index contributed by atoms with van der Waals surface area (Å²) in [6.07, 6.45) is 4.90. The molecule has 1 heterocycles. The Balaban J connectivity index is 2.18. The lowest BCUT2D eigenvalue weighted by Gasteiger charge is -2.20. The van der Waals surface area contributed by atoms with Crippen LogP contribution in [0.2, 0.25) is 0 Å². The van der Waals surface area contributed by atoms with Crippen LogP contribution < -0.4 is 21.5 Å². The minimum Gasteiger partial charge on any atom is -0.480 e. The fourth-order valence-corrected chi connectivity index (χ4v) is 3.64. The Kier molecular flexibility index (Phi) is 12.3. The molecule has 2 rings (SSSR count). The topological polar surface area (TPSA) is 173 Å². The van der Waals surface area contributed by atoms with Gasteiger partial charge in [0.15, 0.2) is 0 Å². The predicted molar refractivity (Wildman–Crippen MR) is 146 cm³/mol. The molecule has 3 atom stereocenters. The Morgan fingerprint density at radius 3 is 2.38 bits per heavy atom. The largest absolute Gasteiger partial charge is 0.480 e. The molecule has 214 valence electrons. The van der Waals surface area contributed by atoms with Crippen molar-refractivity contribution in [2.45, 2.75) is 51.7 Å². The number of carboxylic acids is 1. The molecule has 4 N–H and O–H groups in total. The highest BCUT2D eigenvalue weighted by molar-refractivity contribution is 6.01. The van der Waals surface area contributed by atoms with Crippen LogP contribution in [-0.2, 0) is 30.5 Å². The molecule has 0 radical (unpaired) electrons. The van der Waals surface area contributed by atoms with E-state index in [1.54, 1.807) is 44.2 Å². The van der Waals surface area contributed by atoms with Crippen molar-refractivity contribution in [3.63, 3.8) is 0 Å². The molecule has 40 heavy (non-hydrogen) atoms. The second-order valence-electron chi connectivity index (χ2n) is 9.01. The number of ether oxygens (including phenoxy) is 1. The number of aliphatic carboxylic acids is 1. The van der Waals surface area contributed by atoms with Crippen LogP contribution in [0.3, 0.4) is 0 Å². The number of allylic oxidation sites excluding steroid dienone is 1. The van der Waals surface area contributed by atoms with Crippen molar-refractivity contribution in [2.24, 2.45) is 5.92 Å². The number of carboxylic acid groups (broad SMARTS) is 1. The minimum absolute atomic E-state index is 0.105. The molecular weight excluding hydrogens is 520 g/mol. The highest BCUT2D eigenvalue weighted by Gasteiger charge is 2.26. The Labute approximate surface area is 231 Å². The molecule has 0 aliphatic carbocycles. The van der Waals surface area contributed by atoms with Crippen LogP contribution in [0, 0.1) is 5.92 Å². The lowest BCUT2D eigenvalue weighted by atomic mass is 9.99.